The van der Waals surface area contributed by atoms with Crippen molar-refractivity contribution in [3.8, 4) is 5.75 Å². The number of methoxy groups -OCH3 is 1. The zero-order chi connectivity index (χ0) is 14.5. The predicted molar refractivity (Wildman–Crippen MR) is 73.9 cm³/mol. The maximum Gasteiger partial charge on any atom is 0.326 e. The molecule has 1 aliphatic heterocycles. The van der Waals surface area contributed by atoms with Gasteiger partial charge in [0.2, 0.25) is 0 Å². The quantitative estimate of drug-likeness (QED) is 0.919. The van der Waals surface area contributed by atoms with E-state index in [1.807, 2.05) is 0 Å². The molecule has 108 valence electrons. The number of hydrogen-bond donors (Lipinski definition) is 1. The molecule has 1 heterocycles. The van der Waals surface area contributed by atoms with Crippen LogP contribution in [0.3, 0.4) is 0 Å². The van der Waals surface area contributed by atoms with Crippen molar-refractivity contribution in [2.75, 3.05) is 13.7 Å². The van der Waals surface area contributed by atoms with Crippen molar-refractivity contribution in [2.24, 2.45) is 0 Å². The number of carboxylic acid groups (broad SMARTS) is 1. The summed E-state index contributed by atoms with van der Waals surface area (Å²) in [5, 5.41) is 9.30. The third-order valence-corrected chi connectivity index (χ3v) is 3.64. The van der Waals surface area contributed by atoms with E-state index < -0.39 is 12.0 Å². The van der Waals surface area contributed by atoms with Gasteiger partial charge in [-0.15, -0.1) is 0 Å². The molecule has 0 aromatic heterocycles. The second kappa shape index (κ2) is 6.41. The summed E-state index contributed by atoms with van der Waals surface area (Å²) in [6.07, 6.45) is 3.20. The summed E-state index contributed by atoms with van der Waals surface area (Å²) in [7, 11) is 1.56. The highest BCUT2D eigenvalue weighted by Gasteiger charge is 2.31. The fourth-order valence-electron chi connectivity index (χ4n) is 2.51. The van der Waals surface area contributed by atoms with E-state index in [4.69, 9.17) is 4.74 Å². The van der Waals surface area contributed by atoms with Gasteiger partial charge in [0.1, 0.15) is 11.8 Å². The fourth-order valence-corrected chi connectivity index (χ4v) is 2.51. The Morgan fingerprint density at radius 3 is 2.50 bits per heavy atom. The van der Waals surface area contributed by atoms with E-state index in [2.05, 4.69) is 0 Å². The molecule has 1 aliphatic rings. The van der Waals surface area contributed by atoms with Gasteiger partial charge >= 0.3 is 5.97 Å². The minimum Gasteiger partial charge on any atom is -0.497 e. The van der Waals surface area contributed by atoms with Crippen molar-refractivity contribution < 1.29 is 19.4 Å². The summed E-state index contributed by atoms with van der Waals surface area (Å²) in [5.41, 5.74) is 0.499. The molecule has 0 saturated carbocycles. The van der Waals surface area contributed by atoms with Crippen LogP contribution in [0.1, 0.15) is 36.0 Å². The molecule has 0 spiro atoms. The molecule has 1 unspecified atom stereocenters. The number of likely N-dealkylation sites (tertiary alicyclic amines) is 1. The van der Waals surface area contributed by atoms with E-state index in [-0.39, 0.29) is 5.91 Å². The third-order valence-electron chi connectivity index (χ3n) is 3.64. The zero-order valence-electron chi connectivity index (χ0n) is 11.5. The van der Waals surface area contributed by atoms with E-state index in [0.717, 1.165) is 19.3 Å². The summed E-state index contributed by atoms with van der Waals surface area (Å²) < 4.78 is 5.05. The Balaban J connectivity index is 2.21. The molecule has 1 aromatic rings. The highest BCUT2D eigenvalue weighted by molar-refractivity contribution is 5.96. The lowest BCUT2D eigenvalue weighted by molar-refractivity contribution is -0.142. The van der Waals surface area contributed by atoms with E-state index in [1.165, 1.54) is 4.90 Å². The van der Waals surface area contributed by atoms with Crippen molar-refractivity contribution in [3.63, 3.8) is 0 Å². The van der Waals surface area contributed by atoms with Gasteiger partial charge in [0.25, 0.3) is 5.91 Å². The smallest absolute Gasteiger partial charge is 0.326 e. The molecule has 0 radical (unpaired) electrons. The Labute approximate surface area is 118 Å². The number of nitrogens with zero attached hydrogens (tertiary/aromatic N) is 1. The Hall–Kier alpha value is -2.04. The first kappa shape index (κ1) is 14.4. The van der Waals surface area contributed by atoms with Crippen molar-refractivity contribution in [1.82, 2.24) is 4.90 Å². The third kappa shape index (κ3) is 3.10. The van der Waals surface area contributed by atoms with Crippen LogP contribution in [0.2, 0.25) is 0 Å². The fraction of sp³-hybridized carbons (Fsp3) is 0.467. The topological polar surface area (TPSA) is 66.8 Å². The van der Waals surface area contributed by atoms with Crippen LogP contribution in [0, 0.1) is 0 Å². The van der Waals surface area contributed by atoms with Crippen molar-refractivity contribution in [1.29, 1.82) is 0 Å². The molecule has 1 atom stereocenters. The van der Waals surface area contributed by atoms with Crippen LogP contribution in [0.5, 0.6) is 5.75 Å². The van der Waals surface area contributed by atoms with Gasteiger partial charge in [-0.2, -0.15) is 0 Å². The average Bonchev–Trinajstić information content (AvgIpc) is 2.72. The van der Waals surface area contributed by atoms with Gasteiger partial charge in [0, 0.05) is 12.1 Å². The molecule has 1 saturated heterocycles. The molecular weight excluding hydrogens is 258 g/mol. The minimum atomic E-state index is -0.922. The highest BCUT2D eigenvalue weighted by atomic mass is 16.5. The lowest BCUT2D eigenvalue weighted by Crippen LogP contribution is -2.44. The Kier molecular flexibility index (Phi) is 4.61. The monoisotopic (exact) mass is 277 g/mol. The number of carbonyl (C=O) groups excluding carboxylic acids is 1. The summed E-state index contributed by atoms with van der Waals surface area (Å²) in [6.45, 7) is 0.502. The van der Waals surface area contributed by atoms with Crippen LogP contribution in [-0.2, 0) is 4.79 Å². The first-order valence-electron chi connectivity index (χ1n) is 6.81. The molecule has 0 bridgehead atoms. The van der Waals surface area contributed by atoms with Gasteiger partial charge in [-0.3, -0.25) is 4.79 Å². The van der Waals surface area contributed by atoms with Crippen LogP contribution in [0.25, 0.3) is 0 Å². The minimum absolute atomic E-state index is 0.220. The molecule has 20 heavy (non-hydrogen) atoms. The average molecular weight is 277 g/mol. The zero-order valence-corrected chi connectivity index (χ0v) is 11.5. The molecule has 1 N–H and O–H groups in total. The summed E-state index contributed by atoms with van der Waals surface area (Å²) in [5.74, 6) is -0.470. The van der Waals surface area contributed by atoms with Gasteiger partial charge in [0.15, 0.2) is 0 Å². The lowest BCUT2D eigenvalue weighted by atomic mass is 10.1. The molecule has 2 rings (SSSR count). The molecule has 5 heteroatoms. The van der Waals surface area contributed by atoms with Crippen LogP contribution >= 0.6 is 0 Å². The summed E-state index contributed by atoms with van der Waals surface area (Å²) in [6, 6.07) is 6.05. The Bertz CT molecular complexity index is 483. The molecule has 5 nitrogen and oxygen atoms in total. The molecule has 1 amide bonds. The number of aliphatic carboxylic acids is 1. The van der Waals surface area contributed by atoms with E-state index in [9.17, 15) is 14.7 Å². The largest absolute Gasteiger partial charge is 0.497 e. The van der Waals surface area contributed by atoms with Crippen molar-refractivity contribution in [2.45, 2.75) is 31.7 Å². The first-order chi connectivity index (χ1) is 9.63. The standard InChI is InChI=1S/C15H19NO4/c1-20-12-8-6-11(7-9-12)14(17)16-10-4-2-3-5-13(16)15(18)19/h6-9,13H,2-5,10H2,1H3,(H,18,19). The first-order valence-corrected chi connectivity index (χ1v) is 6.81. The number of carbonyl (C=O) groups is 2. The van der Waals surface area contributed by atoms with E-state index in [1.54, 1.807) is 31.4 Å². The molecule has 1 fully saturated rings. The normalized spacial score (nSPS) is 19.2. The maximum atomic E-state index is 12.5. The van der Waals surface area contributed by atoms with E-state index in [0.29, 0.717) is 24.3 Å². The van der Waals surface area contributed by atoms with Gasteiger partial charge < -0.3 is 14.7 Å². The van der Waals surface area contributed by atoms with Gasteiger partial charge in [-0.1, -0.05) is 12.8 Å². The van der Waals surface area contributed by atoms with Crippen molar-refractivity contribution >= 4 is 11.9 Å². The maximum absolute atomic E-state index is 12.5. The van der Waals surface area contributed by atoms with Gasteiger partial charge in [-0.25, -0.2) is 4.79 Å². The Morgan fingerprint density at radius 1 is 1.20 bits per heavy atom. The number of amides is 1. The van der Waals surface area contributed by atoms with Crippen LogP contribution in [0.4, 0.5) is 0 Å². The number of benzene rings is 1. The van der Waals surface area contributed by atoms with E-state index >= 15 is 0 Å². The Morgan fingerprint density at radius 2 is 1.90 bits per heavy atom. The summed E-state index contributed by atoms with van der Waals surface area (Å²) in [4.78, 5) is 25.3. The number of carboxylic acids is 1. The van der Waals surface area contributed by atoms with Gasteiger partial charge in [0.05, 0.1) is 7.11 Å². The molecule has 1 aromatic carbocycles. The predicted octanol–water partition coefficient (Wildman–Crippen LogP) is 2.16. The van der Waals surface area contributed by atoms with Crippen molar-refractivity contribution in [3.05, 3.63) is 29.8 Å². The number of hydrogen-bond acceptors (Lipinski definition) is 3. The molecular formula is C15H19NO4. The van der Waals surface area contributed by atoms with Crippen LogP contribution in [-0.4, -0.2) is 41.6 Å². The number of ether oxygens (including phenoxy) is 1. The van der Waals surface area contributed by atoms with Crippen LogP contribution < -0.4 is 4.74 Å². The number of rotatable bonds is 3. The second-order valence-corrected chi connectivity index (χ2v) is 4.93. The highest BCUT2D eigenvalue weighted by Crippen LogP contribution is 2.20. The van der Waals surface area contributed by atoms with Gasteiger partial charge in [-0.05, 0) is 37.1 Å². The molecule has 0 aliphatic carbocycles. The van der Waals surface area contributed by atoms with Crippen LogP contribution in [0.15, 0.2) is 24.3 Å². The summed E-state index contributed by atoms with van der Waals surface area (Å²) >= 11 is 0. The lowest BCUT2D eigenvalue weighted by Gasteiger charge is -2.27. The second-order valence-electron chi connectivity index (χ2n) is 4.93. The SMILES string of the molecule is COc1ccc(C(=O)N2CCCCCC2C(=O)O)cc1.